The first kappa shape index (κ1) is 9.96. The Bertz CT molecular complexity index is 127. The average molecular weight is 171 g/mol. The summed E-state index contributed by atoms with van der Waals surface area (Å²) in [6, 6.07) is 0.659. The molecule has 1 aliphatic rings. The molecule has 72 valence electrons. The van der Waals surface area contributed by atoms with E-state index in [1.54, 1.807) is 0 Å². The number of nitrogens with zero attached hydrogens (tertiary/aromatic N) is 2. The zero-order valence-corrected chi connectivity index (χ0v) is 8.51. The topological polar surface area (TPSA) is 18.5 Å². The molecule has 1 heterocycles. The Kier molecular flexibility index (Phi) is 3.98. The van der Waals surface area contributed by atoms with Gasteiger partial charge in [0.05, 0.1) is 0 Å². The van der Waals surface area contributed by atoms with Crippen molar-refractivity contribution in [3.8, 4) is 0 Å². The first-order chi connectivity index (χ1) is 5.77. The fourth-order valence-corrected chi connectivity index (χ4v) is 1.57. The van der Waals surface area contributed by atoms with E-state index in [-0.39, 0.29) is 0 Å². The summed E-state index contributed by atoms with van der Waals surface area (Å²) in [5, 5.41) is 4.53. The molecule has 0 saturated carbocycles. The van der Waals surface area contributed by atoms with Gasteiger partial charge in [-0.2, -0.15) is 5.12 Å². The molecule has 1 unspecified atom stereocenters. The molecule has 3 heteroatoms. The van der Waals surface area contributed by atoms with Crippen molar-refractivity contribution < 1.29 is 0 Å². The van der Waals surface area contributed by atoms with Gasteiger partial charge in [0.15, 0.2) is 0 Å². The third-order valence-corrected chi connectivity index (χ3v) is 2.49. The van der Waals surface area contributed by atoms with Crippen LogP contribution in [0.25, 0.3) is 0 Å². The Hall–Kier alpha value is -0.120. The summed E-state index contributed by atoms with van der Waals surface area (Å²) < 4.78 is 0. The van der Waals surface area contributed by atoms with Gasteiger partial charge in [-0.3, -0.25) is 0 Å². The van der Waals surface area contributed by atoms with E-state index in [2.05, 4.69) is 36.4 Å². The quantitative estimate of drug-likeness (QED) is 0.686. The molecular formula is C9H21N3. The monoisotopic (exact) mass is 171 g/mol. The van der Waals surface area contributed by atoms with Crippen molar-refractivity contribution in [1.29, 1.82) is 0 Å². The molecule has 0 spiro atoms. The summed E-state index contributed by atoms with van der Waals surface area (Å²) in [5.74, 6) is 0. The molecule has 0 radical (unpaired) electrons. The average Bonchev–Trinajstić information content (AvgIpc) is 2.43. The summed E-state index contributed by atoms with van der Waals surface area (Å²) >= 11 is 0. The molecule has 0 amide bonds. The molecule has 0 aromatic heterocycles. The third kappa shape index (κ3) is 2.44. The molecule has 1 atom stereocenters. The van der Waals surface area contributed by atoms with Crippen molar-refractivity contribution >= 4 is 0 Å². The standard InChI is InChI=1S/C9H21N3/c1-4-6-7-12-8-9(5-2)10-11(12)3/h9-10H,4-8H2,1-3H3. The van der Waals surface area contributed by atoms with Gasteiger partial charge in [-0.15, -0.1) is 0 Å². The fourth-order valence-electron chi connectivity index (χ4n) is 1.57. The summed E-state index contributed by atoms with van der Waals surface area (Å²) in [5.41, 5.74) is 3.42. The Labute approximate surface area is 75.7 Å². The number of hydrogen-bond acceptors (Lipinski definition) is 3. The number of nitrogens with one attached hydrogen (secondary N) is 1. The van der Waals surface area contributed by atoms with E-state index in [0.717, 1.165) is 0 Å². The molecule has 1 saturated heterocycles. The maximum atomic E-state index is 3.42. The van der Waals surface area contributed by atoms with Gasteiger partial charge in [0.1, 0.15) is 0 Å². The SMILES string of the molecule is CCCCN1CC(CC)NN1C. The van der Waals surface area contributed by atoms with Crippen molar-refractivity contribution in [1.82, 2.24) is 15.6 Å². The van der Waals surface area contributed by atoms with Crippen LogP contribution in [0.4, 0.5) is 0 Å². The summed E-state index contributed by atoms with van der Waals surface area (Å²) in [6.45, 7) is 6.83. The van der Waals surface area contributed by atoms with E-state index in [1.807, 2.05) is 0 Å². The first-order valence-corrected chi connectivity index (χ1v) is 5.02. The van der Waals surface area contributed by atoms with E-state index in [9.17, 15) is 0 Å². The van der Waals surface area contributed by atoms with Gasteiger partial charge >= 0.3 is 0 Å². The van der Waals surface area contributed by atoms with Crippen LogP contribution < -0.4 is 5.43 Å². The fraction of sp³-hybridized carbons (Fsp3) is 1.00. The van der Waals surface area contributed by atoms with Crippen molar-refractivity contribution in [2.75, 3.05) is 20.1 Å². The van der Waals surface area contributed by atoms with Crippen LogP contribution in [-0.4, -0.2) is 36.3 Å². The predicted molar refractivity (Wildman–Crippen MR) is 51.5 cm³/mol. The smallest absolute Gasteiger partial charge is 0.0367 e. The van der Waals surface area contributed by atoms with E-state index >= 15 is 0 Å². The van der Waals surface area contributed by atoms with Crippen molar-refractivity contribution in [3.63, 3.8) is 0 Å². The maximum Gasteiger partial charge on any atom is 0.0367 e. The van der Waals surface area contributed by atoms with Gasteiger partial charge in [0, 0.05) is 26.2 Å². The van der Waals surface area contributed by atoms with Crippen LogP contribution in [0.5, 0.6) is 0 Å². The highest BCUT2D eigenvalue weighted by molar-refractivity contribution is 4.72. The van der Waals surface area contributed by atoms with Crippen molar-refractivity contribution in [2.45, 2.75) is 39.2 Å². The van der Waals surface area contributed by atoms with Crippen molar-refractivity contribution in [3.05, 3.63) is 0 Å². The molecule has 12 heavy (non-hydrogen) atoms. The van der Waals surface area contributed by atoms with E-state index in [0.29, 0.717) is 6.04 Å². The largest absolute Gasteiger partial charge is 0.237 e. The maximum absolute atomic E-state index is 3.42. The van der Waals surface area contributed by atoms with Crippen LogP contribution in [-0.2, 0) is 0 Å². The lowest BCUT2D eigenvalue weighted by molar-refractivity contribution is 0.0158. The second-order valence-corrected chi connectivity index (χ2v) is 3.52. The van der Waals surface area contributed by atoms with Crippen LogP contribution in [0, 0.1) is 0 Å². The highest BCUT2D eigenvalue weighted by Crippen LogP contribution is 2.08. The summed E-state index contributed by atoms with van der Waals surface area (Å²) in [7, 11) is 2.10. The van der Waals surface area contributed by atoms with E-state index in [1.165, 1.54) is 32.4 Å². The minimum Gasteiger partial charge on any atom is -0.237 e. The predicted octanol–water partition coefficient (Wildman–Crippen LogP) is 1.23. The Morgan fingerprint density at radius 2 is 2.17 bits per heavy atom. The molecule has 0 aromatic rings. The zero-order chi connectivity index (χ0) is 8.97. The van der Waals surface area contributed by atoms with Crippen LogP contribution in [0.2, 0.25) is 0 Å². The number of rotatable bonds is 4. The van der Waals surface area contributed by atoms with Gasteiger partial charge in [0.25, 0.3) is 0 Å². The van der Waals surface area contributed by atoms with E-state index < -0.39 is 0 Å². The second kappa shape index (κ2) is 4.80. The van der Waals surface area contributed by atoms with Crippen LogP contribution >= 0.6 is 0 Å². The minimum atomic E-state index is 0.659. The van der Waals surface area contributed by atoms with E-state index in [4.69, 9.17) is 0 Å². The lowest BCUT2D eigenvalue weighted by Crippen LogP contribution is -2.39. The second-order valence-electron chi connectivity index (χ2n) is 3.52. The van der Waals surface area contributed by atoms with Crippen molar-refractivity contribution in [2.24, 2.45) is 0 Å². The molecule has 0 aromatic carbocycles. The van der Waals surface area contributed by atoms with Crippen LogP contribution in [0.15, 0.2) is 0 Å². The Balaban J connectivity index is 2.25. The normalized spacial score (nSPS) is 26.8. The molecule has 1 fully saturated rings. The third-order valence-electron chi connectivity index (χ3n) is 2.49. The van der Waals surface area contributed by atoms with Gasteiger partial charge in [0.2, 0.25) is 0 Å². The highest BCUT2D eigenvalue weighted by atomic mass is 15.8. The minimum absolute atomic E-state index is 0.659. The molecule has 1 rings (SSSR count). The molecule has 1 aliphatic heterocycles. The molecule has 0 aliphatic carbocycles. The summed E-state index contributed by atoms with van der Waals surface area (Å²) in [6.07, 6.45) is 3.79. The first-order valence-electron chi connectivity index (χ1n) is 5.02. The molecular weight excluding hydrogens is 150 g/mol. The van der Waals surface area contributed by atoms with Gasteiger partial charge < -0.3 is 0 Å². The molecule has 0 bridgehead atoms. The highest BCUT2D eigenvalue weighted by Gasteiger charge is 2.24. The lowest BCUT2D eigenvalue weighted by Gasteiger charge is -2.22. The van der Waals surface area contributed by atoms with Gasteiger partial charge in [-0.1, -0.05) is 20.3 Å². The molecule has 3 nitrogen and oxygen atoms in total. The summed E-state index contributed by atoms with van der Waals surface area (Å²) in [4.78, 5) is 0. The zero-order valence-electron chi connectivity index (χ0n) is 8.51. The number of hydrazine groups is 2. The van der Waals surface area contributed by atoms with Gasteiger partial charge in [-0.05, 0) is 12.8 Å². The number of hydrogen-bond donors (Lipinski definition) is 1. The molecule has 1 N–H and O–H groups in total. The Morgan fingerprint density at radius 1 is 1.42 bits per heavy atom. The lowest BCUT2D eigenvalue weighted by atomic mass is 10.2. The Morgan fingerprint density at radius 3 is 2.67 bits per heavy atom. The van der Waals surface area contributed by atoms with Gasteiger partial charge in [-0.25, -0.2) is 10.4 Å². The van der Waals surface area contributed by atoms with Crippen LogP contribution in [0.3, 0.4) is 0 Å². The number of unbranched alkanes of at least 4 members (excludes halogenated alkanes) is 1. The van der Waals surface area contributed by atoms with Crippen LogP contribution in [0.1, 0.15) is 33.1 Å².